The highest BCUT2D eigenvalue weighted by molar-refractivity contribution is 5.97. The Hall–Kier alpha value is -1.84. The number of nitrogens with zero attached hydrogens (tertiary/aromatic N) is 1. The summed E-state index contributed by atoms with van der Waals surface area (Å²) in [4.78, 5) is 25.0. The third-order valence-electron chi connectivity index (χ3n) is 3.17. The first kappa shape index (κ1) is 12.6. The van der Waals surface area contributed by atoms with Gasteiger partial charge in [-0.15, -0.1) is 0 Å². The molecule has 0 aromatic heterocycles. The van der Waals surface area contributed by atoms with Crippen molar-refractivity contribution >= 4 is 17.5 Å². The van der Waals surface area contributed by atoms with Gasteiger partial charge in [0.25, 0.3) is 0 Å². The molecule has 0 aliphatic carbocycles. The molecule has 0 spiro atoms. The molecule has 1 aliphatic rings. The minimum atomic E-state index is -0.0892. The number of para-hydroxylation sites is 1. The van der Waals surface area contributed by atoms with Crippen LogP contribution in [0.3, 0.4) is 0 Å². The molecule has 1 aromatic rings. The van der Waals surface area contributed by atoms with E-state index in [0.29, 0.717) is 6.42 Å². The van der Waals surface area contributed by atoms with Gasteiger partial charge >= 0.3 is 0 Å². The summed E-state index contributed by atoms with van der Waals surface area (Å²) in [5.74, 6) is -0.127. The van der Waals surface area contributed by atoms with Crippen LogP contribution in [0, 0.1) is 0 Å². The van der Waals surface area contributed by atoms with Crippen LogP contribution < -0.4 is 10.2 Å². The van der Waals surface area contributed by atoms with Gasteiger partial charge in [-0.1, -0.05) is 25.1 Å². The number of benzene rings is 1. The largest absolute Gasteiger partial charge is 0.347 e. The molecule has 0 fully saturated rings. The Morgan fingerprint density at radius 2 is 2.11 bits per heavy atom. The quantitative estimate of drug-likeness (QED) is 0.878. The lowest BCUT2D eigenvalue weighted by atomic mass is 10.0. The van der Waals surface area contributed by atoms with E-state index in [-0.39, 0.29) is 18.4 Å². The average molecular weight is 246 g/mol. The molecule has 1 heterocycles. The first-order valence-corrected chi connectivity index (χ1v) is 6.37. The molecule has 2 amide bonds. The Balaban J connectivity index is 2.06. The minimum absolute atomic E-state index is 0.0380. The van der Waals surface area contributed by atoms with Gasteiger partial charge in [-0.05, 0) is 24.5 Å². The van der Waals surface area contributed by atoms with Crippen molar-refractivity contribution in [3.8, 4) is 0 Å². The molecule has 0 saturated carbocycles. The van der Waals surface area contributed by atoms with Gasteiger partial charge < -0.3 is 10.2 Å². The maximum absolute atomic E-state index is 12.1. The minimum Gasteiger partial charge on any atom is -0.347 e. The second-order valence-corrected chi connectivity index (χ2v) is 4.41. The number of fused-ring (bicyclic) bond motifs is 1. The van der Waals surface area contributed by atoms with Gasteiger partial charge in [-0.3, -0.25) is 9.59 Å². The zero-order valence-electron chi connectivity index (χ0n) is 10.6. The summed E-state index contributed by atoms with van der Waals surface area (Å²) in [7, 11) is 0. The standard InChI is InChI=1S/C14H18N2O2/c1-2-13(17)15-10-14(18)16-9-5-7-11-6-3-4-8-12(11)16/h3-4,6,8H,2,5,7,9-10H2,1H3,(H,15,17). The van der Waals surface area contributed by atoms with Gasteiger partial charge in [-0.2, -0.15) is 0 Å². The predicted molar refractivity (Wildman–Crippen MR) is 70.4 cm³/mol. The number of amides is 2. The molecule has 18 heavy (non-hydrogen) atoms. The Labute approximate surface area is 107 Å². The normalized spacial score (nSPS) is 13.9. The molecular formula is C14H18N2O2. The Bertz CT molecular complexity index is 457. The Morgan fingerprint density at radius 1 is 1.33 bits per heavy atom. The van der Waals surface area contributed by atoms with Crippen LogP contribution in [-0.2, 0) is 16.0 Å². The maximum atomic E-state index is 12.1. The number of aryl methyl sites for hydroxylation is 1. The van der Waals surface area contributed by atoms with Gasteiger partial charge in [0, 0.05) is 18.7 Å². The van der Waals surface area contributed by atoms with Crippen molar-refractivity contribution < 1.29 is 9.59 Å². The van der Waals surface area contributed by atoms with Crippen molar-refractivity contribution in [3.05, 3.63) is 29.8 Å². The summed E-state index contributed by atoms with van der Waals surface area (Å²) < 4.78 is 0. The summed E-state index contributed by atoms with van der Waals surface area (Å²) in [6.45, 7) is 2.59. The van der Waals surface area contributed by atoms with Crippen LogP contribution in [0.1, 0.15) is 25.3 Å². The zero-order valence-corrected chi connectivity index (χ0v) is 10.6. The third-order valence-corrected chi connectivity index (χ3v) is 3.17. The fourth-order valence-electron chi connectivity index (χ4n) is 2.19. The summed E-state index contributed by atoms with van der Waals surface area (Å²) in [6.07, 6.45) is 2.40. The summed E-state index contributed by atoms with van der Waals surface area (Å²) in [5, 5.41) is 2.63. The first-order valence-electron chi connectivity index (χ1n) is 6.37. The lowest BCUT2D eigenvalue weighted by Gasteiger charge is -2.29. The first-order chi connectivity index (χ1) is 8.72. The summed E-state index contributed by atoms with van der Waals surface area (Å²) in [6, 6.07) is 7.95. The van der Waals surface area contributed by atoms with Gasteiger partial charge in [0.15, 0.2) is 0 Å². The van der Waals surface area contributed by atoms with E-state index in [4.69, 9.17) is 0 Å². The van der Waals surface area contributed by atoms with Gasteiger partial charge in [0.05, 0.1) is 6.54 Å². The van der Waals surface area contributed by atoms with Crippen LogP contribution in [0.25, 0.3) is 0 Å². The molecule has 0 bridgehead atoms. The van der Waals surface area contributed by atoms with E-state index in [2.05, 4.69) is 11.4 Å². The second-order valence-electron chi connectivity index (χ2n) is 4.41. The van der Waals surface area contributed by atoms with Crippen molar-refractivity contribution in [2.24, 2.45) is 0 Å². The van der Waals surface area contributed by atoms with Crippen molar-refractivity contribution in [2.45, 2.75) is 26.2 Å². The van der Waals surface area contributed by atoms with Crippen LogP contribution in [0.5, 0.6) is 0 Å². The number of nitrogens with one attached hydrogen (secondary N) is 1. The molecule has 0 unspecified atom stereocenters. The second kappa shape index (κ2) is 5.67. The molecule has 4 nitrogen and oxygen atoms in total. The molecule has 2 rings (SSSR count). The van der Waals surface area contributed by atoms with Crippen LogP contribution in [0.15, 0.2) is 24.3 Å². The summed E-state index contributed by atoms with van der Waals surface area (Å²) >= 11 is 0. The lowest BCUT2D eigenvalue weighted by molar-refractivity contribution is -0.124. The molecular weight excluding hydrogens is 228 g/mol. The SMILES string of the molecule is CCC(=O)NCC(=O)N1CCCc2ccccc21. The van der Waals surface area contributed by atoms with Crippen LogP contribution in [0.4, 0.5) is 5.69 Å². The van der Waals surface area contributed by atoms with Crippen molar-refractivity contribution in [3.63, 3.8) is 0 Å². The van der Waals surface area contributed by atoms with Crippen molar-refractivity contribution in [1.82, 2.24) is 5.32 Å². The number of rotatable bonds is 3. The van der Waals surface area contributed by atoms with Gasteiger partial charge in [0.2, 0.25) is 11.8 Å². The maximum Gasteiger partial charge on any atom is 0.246 e. The molecule has 0 saturated heterocycles. The highest BCUT2D eigenvalue weighted by atomic mass is 16.2. The molecule has 96 valence electrons. The highest BCUT2D eigenvalue weighted by Crippen LogP contribution is 2.26. The molecule has 0 atom stereocenters. The molecule has 4 heteroatoms. The number of anilines is 1. The number of carbonyl (C=O) groups is 2. The number of carbonyl (C=O) groups excluding carboxylic acids is 2. The van der Waals surface area contributed by atoms with Crippen LogP contribution >= 0.6 is 0 Å². The Morgan fingerprint density at radius 3 is 2.89 bits per heavy atom. The molecule has 0 radical (unpaired) electrons. The molecule has 1 aliphatic heterocycles. The van der Waals surface area contributed by atoms with E-state index in [1.54, 1.807) is 11.8 Å². The zero-order chi connectivity index (χ0) is 13.0. The predicted octanol–water partition coefficient (Wildman–Crippen LogP) is 1.49. The average Bonchev–Trinajstić information content (AvgIpc) is 2.43. The van der Waals surface area contributed by atoms with E-state index in [9.17, 15) is 9.59 Å². The van der Waals surface area contributed by atoms with Gasteiger partial charge in [0.1, 0.15) is 0 Å². The summed E-state index contributed by atoms with van der Waals surface area (Å²) in [5.41, 5.74) is 2.19. The molecule has 1 aromatic carbocycles. The third kappa shape index (κ3) is 2.70. The van der Waals surface area contributed by atoms with Crippen molar-refractivity contribution in [1.29, 1.82) is 0 Å². The topological polar surface area (TPSA) is 49.4 Å². The van der Waals surface area contributed by atoms with Crippen molar-refractivity contribution in [2.75, 3.05) is 18.0 Å². The van der Waals surface area contributed by atoms with Crippen LogP contribution in [0.2, 0.25) is 0 Å². The van der Waals surface area contributed by atoms with E-state index >= 15 is 0 Å². The molecule has 1 N–H and O–H groups in total. The van der Waals surface area contributed by atoms with E-state index in [1.807, 2.05) is 18.2 Å². The number of hydrogen-bond donors (Lipinski definition) is 1. The Kier molecular flexibility index (Phi) is 3.97. The van der Waals surface area contributed by atoms with E-state index < -0.39 is 0 Å². The lowest BCUT2D eigenvalue weighted by Crippen LogP contribution is -2.42. The van der Waals surface area contributed by atoms with E-state index in [0.717, 1.165) is 25.1 Å². The van der Waals surface area contributed by atoms with Gasteiger partial charge in [-0.25, -0.2) is 0 Å². The number of hydrogen-bond acceptors (Lipinski definition) is 2. The highest BCUT2D eigenvalue weighted by Gasteiger charge is 2.21. The van der Waals surface area contributed by atoms with E-state index in [1.165, 1.54) is 5.56 Å². The monoisotopic (exact) mass is 246 g/mol. The van der Waals surface area contributed by atoms with Crippen LogP contribution in [-0.4, -0.2) is 24.9 Å². The fraction of sp³-hybridized carbons (Fsp3) is 0.429. The fourth-order valence-corrected chi connectivity index (χ4v) is 2.19. The smallest absolute Gasteiger partial charge is 0.246 e.